The highest BCUT2D eigenvalue weighted by molar-refractivity contribution is 7.79. The van der Waals surface area contributed by atoms with Crippen molar-refractivity contribution < 1.29 is 23.4 Å². The number of rotatable bonds is 4. The first-order valence-corrected chi connectivity index (χ1v) is 6.35. The van der Waals surface area contributed by atoms with Crippen molar-refractivity contribution in [2.24, 2.45) is 0 Å². The Morgan fingerprint density at radius 1 is 1.11 bits per heavy atom. The van der Waals surface area contributed by atoms with Crippen LogP contribution >= 0.6 is 0 Å². The largest absolute Gasteiger partial charge is 0.768 e. The molecule has 2 aromatic carbocycles. The van der Waals surface area contributed by atoms with Crippen molar-refractivity contribution >= 4 is 17.0 Å². The van der Waals surface area contributed by atoms with Gasteiger partial charge < -0.3 is 14.4 Å². The van der Waals surface area contributed by atoms with Crippen LogP contribution in [0.5, 0.6) is 11.5 Å². The van der Waals surface area contributed by atoms with Gasteiger partial charge in [0.1, 0.15) is 11.3 Å². The summed E-state index contributed by atoms with van der Waals surface area (Å²) >= 11 is -2.58. The molecular formula is C13H9O5S-. The fraction of sp³-hybridized carbons (Fsp3) is 0. The topological polar surface area (TPSA) is 86.7 Å². The van der Waals surface area contributed by atoms with Crippen LogP contribution in [0.2, 0.25) is 0 Å². The molecule has 0 aliphatic carbocycles. The molecule has 0 saturated heterocycles. The zero-order valence-corrected chi connectivity index (χ0v) is 10.4. The smallest absolute Gasteiger partial charge is 0.339 e. The Bertz CT molecular complexity index is 592. The van der Waals surface area contributed by atoms with Crippen LogP contribution < -0.4 is 4.74 Å². The number of benzene rings is 2. The maximum Gasteiger partial charge on any atom is 0.339 e. The molecule has 1 atom stereocenters. The second-order valence-corrected chi connectivity index (χ2v) is 4.50. The molecule has 0 spiro atoms. The Hall–Kier alpha value is -2.18. The van der Waals surface area contributed by atoms with Gasteiger partial charge in [-0.05, 0) is 35.3 Å². The summed E-state index contributed by atoms with van der Waals surface area (Å²) < 4.78 is 27.6. The molecule has 0 aliphatic rings. The van der Waals surface area contributed by atoms with E-state index in [2.05, 4.69) is 0 Å². The second kappa shape index (κ2) is 5.64. The first kappa shape index (κ1) is 13.3. The average Bonchev–Trinajstić information content (AvgIpc) is 2.39. The van der Waals surface area contributed by atoms with Gasteiger partial charge in [-0.1, -0.05) is 24.3 Å². The van der Waals surface area contributed by atoms with Gasteiger partial charge in [0.05, 0.1) is 4.90 Å². The van der Waals surface area contributed by atoms with Crippen molar-refractivity contribution in [3.05, 3.63) is 54.1 Å². The number of hydrogen-bond acceptors (Lipinski definition) is 4. The molecular weight excluding hydrogens is 268 g/mol. The summed E-state index contributed by atoms with van der Waals surface area (Å²) in [4.78, 5) is 10.9. The predicted octanol–water partition coefficient (Wildman–Crippen LogP) is 2.42. The zero-order valence-electron chi connectivity index (χ0n) is 9.61. The van der Waals surface area contributed by atoms with E-state index in [1.165, 1.54) is 18.2 Å². The van der Waals surface area contributed by atoms with Crippen LogP contribution in [-0.2, 0) is 11.1 Å². The summed E-state index contributed by atoms with van der Waals surface area (Å²) in [6.07, 6.45) is 0. The first-order chi connectivity index (χ1) is 9.09. The number of carbonyl (C=O) groups is 1. The maximum absolute atomic E-state index is 11.1. The van der Waals surface area contributed by atoms with Crippen LogP contribution in [0.15, 0.2) is 53.4 Å². The van der Waals surface area contributed by atoms with Crippen LogP contribution in [0, 0.1) is 0 Å². The van der Waals surface area contributed by atoms with E-state index in [9.17, 15) is 13.6 Å². The molecule has 5 nitrogen and oxygen atoms in total. The molecule has 2 rings (SSSR count). The normalized spacial score (nSPS) is 11.8. The van der Waals surface area contributed by atoms with E-state index in [1.54, 1.807) is 30.3 Å². The van der Waals surface area contributed by atoms with Crippen molar-refractivity contribution in [3.8, 4) is 11.5 Å². The van der Waals surface area contributed by atoms with E-state index in [-0.39, 0.29) is 16.2 Å². The van der Waals surface area contributed by atoms with Gasteiger partial charge in [0.15, 0.2) is 5.75 Å². The number of para-hydroxylation sites is 2. The SMILES string of the molecule is O=C(O)c1cccc(S(=O)[O-])c1Oc1ccccc1. The Balaban J connectivity index is 2.52. The molecule has 0 radical (unpaired) electrons. The van der Waals surface area contributed by atoms with Gasteiger partial charge in [-0.15, -0.1) is 0 Å². The Kier molecular flexibility index (Phi) is 3.94. The maximum atomic E-state index is 11.1. The Morgan fingerprint density at radius 3 is 2.37 bits per heavy atom. The Morgan fingerprint density at radius 2 is 1.79 bits per heavy atom. The van der Waals surface area contributed by atoms with Crippen molar-refractivity contribution in [2.45, 2.75) is 4.90 Å². The van der Waals surface area contributed by atoms with E-state index in [0.717, 1.165) is 0 Å². The van der Waals surface area contributed by atoms with Crippen molar-refractivity contribution in [3.63, 3.8) is 0 Å². The summed E-state index contributed by atoms with van der Waals surface area (Å²) in [5, 5.41) is 9.07. The van der Waals surface area contributed by atoms with Crippen LogP contribution in [0.4, 0.5) is 0 Å². The summed E-state index contributed by atoms with van der Waals surface area (Å²) in [7, 11) is 0. The van der Waals surface area contributed by atoms with Gasteiger partial charge in [0.2, 0.25) is 0 Å². The van der Waals surface area contributed by atoms with Gasteiger partial charge in [0.25, 0.3) is 0 Å². The first-order valence-electron chi connectivity index (χ1n) is 5.28. The Labute approximate surface area is 111 Å². The number of carboxylic acid groups (broad SMARTS) is 1. The predicted molar refractivity (Wildman–Crippen MR) is 67.1 cm³/mol. The van der Waals surface area contributed by atoms with Gasteiger partial charge in [-0.25, -0.2) is 4.79 Å². The average molecular weight is 277 g/mol. The van der Waals surface area contributed by atoms with E-state index >= 15 is 0 Å². The lowest BCUT2D eigenvalue weighted by atomic mass is 10.2. The summed E-state index contributed by atoms with van der Waals surface area (Å²) in [5.74, 6) is -1.07. The van der Waals surface area contributed by atoms with Crippen LogP contribution in [0.25, 0.3) is 0 Å². The van der Waals surface area contributed by atoms with E-state index in [0.29, 0.717) is 5.75 Å². The molecule has 0 bridgehead atoms. The van der Waals surface area contributed by atoms with Crippen LogP contribution in [0.3, 0.4) is 0 Å². The third-order valence-electron chi connectivity index (χ3n) is 2.35. The molecule has 19 heavy (non-hydrogen) atoms. The monoisotopic (exact) mass is 277 g/mol. The van der Waals surface area contributed by atoms with E-state index in [4.69, 9.17) is 9.84 Å². The van der Waals surface area contributed by atoms with Gasteiger partial charge in [-0.3, -0.25) is 4.21 Å². The molecule has 1 unspecified atom stereocenters. The number of ether oxygens (including phenoxy) is 1. The van der Waals surface area contributed by atoms with Gasteiger partial charge in [0, 0.05) is 0 Å². The lowest BCUT2D eigenvalue weighted by Crippen LogP contribution is -2.04. The van der Waals surface area contributed by atoms with Crippen molar-refractivity contribution in [1.82, 2.24) is 0 Å². The summed E-state index contributed by atoms with van der Waals surface area (Å²) in [6, 6.07) is 12.3. The highest BCUT2D eigenvalue weighted by atomic mass is 32.2. The third-order valence-corrected chi connectivity index (χ3v) is 3.03. The lowest BCUT2D eigenvalue weighted by molar-refractivity contribution is 0.0693. The summed E-state index contributed by atoms with van der Waals surface area (Å²) in [5.41, 5.74) is -0.203. The fourth-order valence-electron chi connectivity index (χ4n) is 1.53. The standard InChI is InChI=1S/C13H10O5S/c14-13(15)10-7-4-8-11(19(16)17)12(10)18-9-5-2-1-3-6-9/h1-8H,(H,14,15)(H,16,17)/p-1. The third kappa shape index (κ3) is 2.98. The molecule has 6 heteroatoms. The molecule has 98 valence electrons. The van der Waals surface area contributed by atoms with Gasteiger partial charge in [-0.2, -0.15) is 0 Å². The molecule has 0 saturated carbocycles. The van der Waals surface area contributed by atoms with Crippen molar-refractivity contribution in [1.29, 1.82) is 0 Å². The molecule has 0 fully saturated rings. The molecule has 0 aliphatic heterocycles. The van der Waals surface area contributed by atoms with Crippen molar-refractivity contribution in [2.75, 3.05) is 0 Å². The lowest BCUT2D eigenvalue weighted by Gasteiger charge is -2.15. The quantitative estimate of drug-likeness (QED) is 0.867. The molecule has 1 N–H and O–H groups in total. The minimum Gasteiger partial charge on any atom is -0.768 e. The molecule has 0 heterocycles. The molecule has 0 amide bonds. The van der Waals surface area contributed by atoms with E-state index in [1.807, 2.05) is 0 Å². The second-order valence-electron chi connectivity index (χ2n) is 3.59. The summed E-state index contributed by atoms with van der Waals surface area (Å²) in [6.45, 7) is 0. The van der Waals surface area contributed by atoms with Crippen LogP contribution in [-0.4, -0.2) is 19.8 Å². The number of hydrogen-bond donors (Lipinski definition) is 1. The fourth-order valence-corrected chi connectivity index (χ4v) is 2.02. The van der Waals surface area contributed by atoms with E-state index < -0.39 is 17.0 Å². The minimum absolute atomic E-state index is 0.186. The highest BCUT2D eigenvalue weighted by Crippen LogP contribution is 2.31. The minimum atomic E-state index is -2.58. The number of aromatic carboxylic acids is 1. The van der Waals surface area contributed by atoms with Gasteiger partial charge >= 0.3 is 5.97 Å². The molecule has 2 aromatic rings. The highest BCUT2D eigenvalue weighted by Gasteiger charge is 2.16. The van der Waals surface area contributed by atoms with Crippen LogP contribution in [0.1, 0.15) is 10.4 Å². The number of carboxylic acids is 1. The zero-order chi connectivity index (χ0) is 13.8. The molecule has 0 aromatic heterocycles.